The average Bonchev–Trinajstić information content (AvgIpc) is 2.92. The van der Waals surface area contributed by atoms with Crippen LogP contribution in [0.1, 0.15) is 65.6 Å². The van der Waals surface area contributed by atoms with E-state index in [-0.39, 0.29) is 17.2 Å². The molecule has 2 aromatic heterocycles. The van der Waals surface area contributed by atoms with Gasteiger partial charge in [-0.2, -0.15) is 5.26 Å². The van der Waals surface area contributed by atoms with Crippen molar-refractivity contribution in [3.63, 3.8) is 0 Å². The molecule has 37 heavy (non-hydrogen) atoms. The van der Waals surface area contributed by atoms with E-state index in [0.29, 0.717) is 19.4 Å². The van der Waals surface area contributed by atoms with Gasteiger partial charge in [0.2, 0.25) is 0 Å². The molecule has 1 saturated carbocycles. The van der Waals surface area contributed by atoms with E-state index in [0.717, 1.165) is 61.0 Å². The summed E-state index contributed by atoms with van der Waals surface area (Å²) in [6.07, 6.45) is 5.84. The van der Waals surface area contributed by atoms with Crippen LogP contribution in [0.4, 0.5) is 0 Å². The van der Waals surface area contributed by atoms with Crippen LogP contribution < -0.4 is 10.9 Å². The number of aromatic nitrogens is 1. The number of aliphatic hydroxyl groups is 1. The van der Waals surface area contributed by atoms with Crippen LogP contribution in [0.3, 0.4) is 0 Å². The van der Waals surface area contributed by atoms with Crippen molar-refractivity contribution in [3.05, 3.63) is 87.3 Å². The highest BCUT2D eigenvalue weighted by atomic mass is 16.3. The van der Waals surface area contributed by atoms with Crippen LogP contribution >= 0.6 is 0 Å². The highest BCUT2D eigenvalue weighted by Gasteiger charge is 2.37. The van der Waals surface area contributed by atoms with Gasteiger partial charge in [-0.15, -0.1) is 0 Å². The summed E-state index contributed by atoms with van der Waals surface area (Å²) in [4.78, 5) is 28.7. The molecule has 7 nitrogen and oxygen atoms in total. The zero-order valence-corrected chi connectivity index (χ0v) is 21.3. The summed E-state index contributed by atoms with van der Waals surface area (Å²) in [5.74, 6) is -0.433. The quantitative estimate of drug-likeness (QED) is 0.559. The van der Waals surface area contributed by atoms with Gasteiger partial charge in [-0.25, -0.2) is 0 Å². The zero-order chi connectivity index (χ0) is 26.0. The third kappa shape index (κ3) is 4.92. The van der Waals surface area contributed by atoms with E-state index < -0.39 is 17.4 Å². The number of carbonyl (C=O) groups is 1. The second kappa shape index (κ2) is 10.5. The van der Waals surface area contributed by atoms with Gasteiger partial charge < -0.3 is 10.4 Å². The molecule has 1 aliphatic heterocycles. The monoisotopic (exact) mass is 498 g/mol. The van der Waals surface area contributed by atoms with Gasteiger partial charge in [-0.3, -0.25) is 18.9 Å². The number of pyridine rings is 2. The number of benzene rings is 1. The molecule has 0 radical (unpaired) electrons. The number of aryl methyl sites for hydroxylation is 1. The van der Waals surface area contributed by atoms with Crippen molar-refractivity contribution in [2.24, 2.45) is 0 Å². The van der Waals surface area contributed by atoms with E-state index in [1.54, 1.807) is 22.7 Å². The van der Waals surface area contributed by atoms with Gasteiger partial charge in [0.15, 0.2) is 0 Å². The van der Waals surface area contributed by atoms with Crippen LogP contribution in [0.2, 0.25) is 0 Å². The summed E-state index contributed by atoms with van der Waals surface area (Å²) in [5, 5.41) is 23.4. The van der Waals surface area contributed by atoms with Crippen LogP contribution in [0.25, 0.3) is 5.52 Å². The van der Waals surface area contributed by atoms with Crippen molar-refractivity contribution in [2.45, 2.75) is 69.6 Å². The van der Waals surface area contributed by atoms with E-state index in [1.165, 1.54) is 0 Å². The van der Waals surface area contributed by atoms with E-state index >= 15 is 0 Å². The van der Waals surface area contributed by atoms with Gasteiger partial charge in [0.25, 0.3) is 11.5 Å². The number of nitrogens with one attached hydrogen (secondary N) is 1. The molecule has 1 amide bonds. The third-order valence-corrected chi connectivity index (χ3v) is 8.23. The number of aliphatic hydroxyl groups excluding tert-OH is 1. The summed E-state index contributed by atoms with van der Waals surface area (Å²) in [7, 11) is 0. The second-order valence-corrected chi connectivity index (χ2v) is 10.6. The first-order valence-corrected chi connectivity index (χ1v) is 13.2. The number of piperidine rings is 1. The standard InChI is InChI=1S/C30H34N4O3/c1-21-8-2-3-9-24(21)30(20-31)13-16-33(17-14-30)19-22-18-23(29(37)34-15-7-6-11-26(22)34)28(36)32-25-10-4-5-12-27(25)35/h2-3,6-9,11,15,18,25,27,35H,4-5,10,12-14,16-17,19H2,1H3,(H,32,36)/t25-,27-/m0/s1. The summed E-state index contributed by atoms with van der Waals surface area (Å²) >= 11 is 0. The molecule has 7 heteroatoms. The molecule has 3 aromatic rings. The predicted molar refractivity (Wildman–Crippen MR) is 142 cm³/mol. The minimum atomic E-state index is -0.581. The highest BCUT2D eigenvalue weighted by Crippen LogP contribution is 2.37. The molecular formula is C30H34N4O3. The van der Waals surface area contributed by atoms with Crippen molar-refractivity contribution in [1.82, 2.24) is 14.6 Å². The van der Waals surface area contributed by atoms with Crippen LogP contribution in [-0.2, 0) is 12.0 Å². The molecular weight excluding hydrogens is 464 g/mol. The van der Waals surface area contributed by atoms with Gasteiger partial charge >= 0.3 is 0 Å². The Bertz CT molecular complexity index is 1400. The summed E-state index contributed by atoms with van der Waals surface area (Å²) in [6, 6.07) is 17.7. The van der Waals surface area contributed by atoms with Crippen LogP contribution in [0.15, 0.2) is 59.5 Å². The molecule has 2 fully saturated rings. The largest absolute Gasteiger partial charge is 0.391 e. The Morgan fingerprint density at radius 2 is 1.86 bits per heavy atom. The fraction of sp³-hybridized carbons (Fsp3) is 0.433. The van der Waals surface area contributed by atoms with E-state index in [2.05, 4.69) is 35.3 Å². The Kier molecular flexibility index (Phi) is 7.14. The van der Waals surface area contributed by atoms with Gasteiger partial charge in [0, 0.05) is 25.8 Å². The summed E-state index contributed by atoms with van der Waals surface area (Å²) in [5.41, 5.74) is 3.17. The Morgan fingerprint density at radius 3 is 2.59 bits per heavy atom. The van der Waals surface area contributed by atoms with E-state index in [1.807, 2.05) is 24.3 Å². The number of carbonyl (C=O) groups excluding carboxylic acids is 1. The number of likely N-dealkylation sites (tertiary alicyclic amines) is 1. The first-order valence-electron chi connectivity index (χ1n) is 13.2. The number of nitriles is 1. The molecule has 0 bridgehead atoms. The van der Waals surface area contributed by atoms with Crippen molar-refractivity contribution in [3.8, 4) is 6.07 Å². The second-order valence-electron chi connectivity index (χ2n) is 10.6. The van der Waals surface area contributed by atoms with Gasteiger partial charge in [0.05, 0.1) is 29.1 Å². The lowest BCUT2D eigenvalue weighted by Crippen LogP contribution is -2.46. The summed E-state index contributed by atoms with van der Waals surface area (Å²) < 4.78 is 1.54. The van der Waals surface area contributed by atoms with Crippen molar-refractivity contribution >= 4 is 11.4 Å². The fourth-order valence-corrected chi connectivity index (χ4v) is 6.02. The van der Waals surface area contributed by atoms with Crippen molar-refractivity contribution in [1.29, 1.82) is 5.26 Å². The molecule has 1 aliphatic carbocycles. The lowest BCUT2D eigenvalue weighted by molar-refractivity contribution is 0.0716. The third-order valence-electron chi connectivity index (χ3n) is 8.23. The first kappa shape index (κ1) is 25.2. The van der Waals surface area contributed by atoms with Gasteiger partial charge in [-0.05, 0) is 67.5 Å². The Morgan fingerprint density at radius 1 is 1.14 bits per heavy atom. The molecule has 1 saturated heterocycles. The molecule has 2 N–H and O–H groups in total. The molecule has 192 valence electrons. The predicted octanol–water partition coefficient (Wildman–Crippen LogP) is 3.70. The Balaban J connectivity index is 1.39. The van der Waals surface area contributed by atoms with Crippen molar-refractivity contribution in [2.75, 3.05) is 13.1 Å². The lowest BCUT2D eigenvalue weighted by Gasteiger charge is -2.38. The lowest BCUT2D eigenvalue weighted by atomic mass is 9.72. The first-order chi connectivity index (χ1) is 17.9. The van der Waals surface area contributed by atoms with Crippen LogP contribution in [0.5, 0.6) is 0 Å². The molecule has 0 unspecified atom stereocenters. The fourth-order valence-electron chi connectivity index (χ4n) is 6.02. The summed E-state index contributed by atoms with van der Waals surface area (Å²) in [6.45, 7) is 4.13. The molecule has 0 spiro atoms. The topological polar surface area (TPSA) is 97.8 Å². The number of rotatable bonds is 5. The molecule has 5 rings (SSSR count). The van der Waals surface area contributed by atoms with Crippen molar-refractivity contribution < 1.29 is 9.90 Å². The minimum absolute atomic E-state index is 0.0970. The highest BCUT2D eigenvalue weighted by molar-refractivity contribution is 5.94. The average molecular weight is 499 g/mol. The number of nitrogens with zero attached hydrogens (tertiary/aromatic N) is 3. The minimum Gasteiger partial charge on any atom is -0.391 e. The Labute approximate surface area is 217 Å². The SMILES string of the molecule is Cc1ccccc1C1(C#N)CCN(Cc2cc(C(=O)N[C@H]3CCCC[C@@H]3O)c(=O)n3ccccc23)CC1. The maximum absolute atomic E-state index is 13.2. The van der Waals surface area contributed by atoms with Crippen LogP contribution in [0, 0.1) is 18.3 Å². The number of hydrogen-bond acceptors (Lipinski definition) is 5. The maximum atomic E-state index is 13.2. The normalized spacial score (nSPS) is 21.9. The van der Waals surface area contributed by atoms with Crippen LogP contribution in [-0.4, -0.2) is 45.5 Å². The molecule has 1 aromatic carbocycles. The van der Waals surface area contributed by atoms with E-state index in [4.69, 9.17) is 0 Å². The number of hydrogen-bond donors (Lipinski definition) is 2. The molecule has 3 heterocycles. The molecule has 2 aliphatic rings. The smallest absolute Gasteiger partial charge is 0.267 e. The Hall–Kier alpha value is -3.47. The zero-order valence-electron chi connectivity index (χ0n) is 21.3. The van der Waals surface area contributed by atoms with E-state index in [9.17, 15) is 20.0 Å². The number of fused-ring (bicyclic) bond motifs is 1. The number of amides is 1. The van der Waals surface area contributed by atoms with Gasteiger partial charge in [-0.1, -0.05) is 43.2 Å². The molecule has 2 atom stereocenters. The van der Waals surface area contributed by atoms with Gasteiger partial charge in [0.1, 0.15) is 5.56 Å². The maximum Gasteiger partial charge on any atom is 0.267 e.